The number of carbonyl (C=O) groups excluding carboxylic acids is 1. The third kappa shape index (κ3) is 3.41. The molecular weight excluding hydrogens is 268 g/mol. The molecule has 1 aromatic heterocycles. The number of hydrogen-bond donors (Lipinski definition) is 3. The number of aromatic nitrogens is 2. The van der Waals surface area contributed by atoms with Gasteiger partial charge in [0, 0.05) is 11.3 Å². The van der Waals surface area contributed by atoms with Gasteiger partial charge in [-0.15, -0.1) is 0 Å². The average molecular weight is 288 g/mol. The predicted molar refractivity (Wildman–Crippen MR) is 80.7 cm³/mol. The standard InChI is InChI=1S/C15H20N4O2/c1-9(2)8-21-12-6-4-11(5-7-12)14-13(15(20)17-16)10(3)18-19-14/h4-7,9H,8,16H2,1-3H3,(H,17,20)(H,18,19). The number of aromatic amines is 1. The second-order valence-corrected chi connectivity index (χ2v) is 5.27. The number of nitrogens with one attached hydrogen (secondary N) is 2. The number of nitrogen functional groups attached to an aromatic ring is 1. The first-order chi connectivity index (χ1) is 10.0. The molecule has 2 rings (SSSR count). The molecule has 0 aliphatic rings. The maximum absolute atomic E-state index is 11.8. The fraction of sp³-hybridized carbons (Fsp3) is 0.333. The zero-order chi connectivity index (χ0) is 15.4. The Labute approximate surface area is 123 Å². The Kier molecular flexibility index (Phi) is 4.59. The lowest BCUT2D eigenvalue weighted by Gasteiger charge is -2.09. The van der Waals surface area contributed by atoms with Gasteiger partial charge in [-0.2, -0.15) is 5.10 Å². The van der Waals surface area contributed by atoms with E-state index in [9.17, 15) is 4.79 Å². The first kappa shape index (κ1) is 15.1. The topological polar surface area (TPSA) is 93.0 Å². The van der Waals surface area contributed by atoms with Gasteiger partial charge in [-0.1, -0.05) is 13.8 Å². The second kappa shape index (κ2) is 6.41. The lowest BCUT2D eigenvalue weighted by atomic mass is 10.1. The van der Waals surface area contributed by atoms with Crippen LogP contribution in [0.3, 0.4) is 0 Å². The minimum atomic E-state index is -0.364. The highest BCUT2D eigenvalue weighted by Crippen LogP contribution is 2.25. The van der Waals surface area contributed by atoms with E-state index in [4.69, 9.17) is 10.6 Å². The highest BCUT2D eigenvalue weighted by atomic mass is 16.5. The lowest BCUT2D eigenvalue weighted by Crippen LogP contribution is -2.30. The number of hydrazine groups is 1. The molecule has 6 nitrogen and oxygen atoms in total. The summed E-state index contributed by atoms with van der Waals surface area (Å²) >= 11 is 0. The van der Waals surface area contributed by atoms with Crippen LogP contribution >= 0.6 is 0 Å². The van der Waals surface area contributed by atoms with E-state index in [1.54, 1.807) is 6.92 Å². The molecule has 112 valence electrons. The monoisotopic (exact) mass is 288 g/mol. The number of benzene rings is 1. The zero-order valence-electron chi connectivity index (χ0n) is 12.4. The smallest absolute Gasteiger partial charge is 0.269 e. The number of ether oxygens (including phenoxy) is 1. The van der Waals surface area contributed by atoms with Crippen molar-refractivity contribution in [2.45, 2.75) is 20.8 Å². The largest absolute Gasteiger partial charge is 0.493 e. The van der Waals surface area contributed by atoms with Crippen molar-refractivity contribution < 1.29 is 9.53 Å². The number of rotatable bonds is 5. The van der Waals surface area contributed by atoms with Crippen molar-refractivity contribution in [1.29, 1.82) is 0 Å². The molecule has 0 saturated carbocycles. The number of H-pyrrole nitrogens is 1. The molecule has 0 aliphatic carbocycles. The van der Waals surface area contributed by atoms with E-state index in [0.29, 0.717) is 29.5 Å². The summed E-state index contributed by atoms with van der Waals surface area (Å²) in [5.74, 6) is 6.11. The highest BCUT2D eigenvalue weighted by molar-refractivity contribution is 6.00. The Morgan fingerprint density at radius 2 is 2.05 bits per heavy atom. The molecule has 0 spiro atoms. The van der Waals surface area contributed by atoms with Gasteiger partial charge < -0.3 is 4.74 Å². The van der Waals surface area contributed by atoms with E-state index in [2.05, 4.69) is 29.5 Å². The molecule has 2 aromatic rings. The summed E-state index contributed by atoms with van der Waals surface area (Å²) in [4.78, 5) is 11.8. The van der Waals surface area contributed by atoms with Gasteiger partial charge in [-0.05, 0) is 37.1 Å². The van der Waals surface area contributed by atoms with Crippen LogP contribution in [0.1, 0.15) is 29.9 Å². The van der Waals surface area contributed by atoms with Crippen LogP contribution in [0.4, 0.5) is 0 Å². The van der Waals surface area contributed by atoms with Crippen molar-refractivity contribution in [3.63, 3.8) is 0 Å². The van der Waals surface area contributed by atoms with Crippen molar-refractivity contribution in [2.75, 3.05) is 6.61 Å². The second-order valence-electron chi connectivity index (χ2n) is 5.27. The van der Waals surface area contributed by atoms with Crippen LogP contribution in [0.2, 0.25) is 0 Å². The number of amides is 1. The van der Waals surface area contributed by atoms with E-state index in [1.165, 1.54) is 0 Å². The summed E-state index contributed by atoms with van der Waals surface area (Å²) in [7, 11) is 0. The van der Waals surface area contributed by atoms with Gasteiger partial charge in [0.05, 0.1) is 12.2 Å². The molecule has 0 fully saturated rings. The molecule has 21 heavy (non-hydrogen) atoms. The Balaban J connectivity index is 2.25. The predicted octanol–water partition coefficient (Wildman–Crippen LogP) is 2.02. The summed E-state index contributed by atoms with van der Waals surface area (Å²) in [6.45, 7) is 6.64. The van der Waals surface area contributed by atoms with E-state index in [1.807, 2.05) is 24.3 Å². The van der Waals surface area contributed by atoms with Crippen LogP contribution in [0.15, 0.2) is 24.3 Å². The quantitative estimate of drug-likeness (QED) is 0.446. The molecule has 4 N–H and O–H groups in total. The summed E-state index contributed by atoms with van der Waals surface area (Å²) in [5, 5.41) is 6.98. The van der Waals surface area contributed by atoms with Crippen LogP contribution in [-0.2, 0) is 0 Å². The third-order valence-electron chi connectivity index (χ3n) is 3.02. The lowest BCUT2D eigenvalue weighted by molar-refractivity contribution is 0.0954. The van der Waals surface area contributed by atoms with E-state index in [0.717, 1.165) is 11.3 Å². The van der Waals surface area contributed by atoms with E-state index < -0.39 is 0 Å². The van der Waals surface area contributed by atoms with Crippen LogP contribution in [0.5, 0.6) is 5.75 Å². The molecule has 6 heteroatoms. The zero-order valence-corrected chi connectivity index (χ0v) is 12.4. The first-order valence-electron chi connectivity index (χ1n) is 6.82. The van der Waals surface area contributed by atoms with Crippen LogP contribution in [0.25, 0.3) is 11.3 Å². The molecule has 0 atom stereocenters. The summed E-state index contributed by atoms with van der Waals surface area (Å²) in [6, 6.07) is 7.48. The van der Waals surface area contributed by atoms with E-state index in [-0.39, 0.29) is 5.91 Å². The van der Waals surface area contributed by atoms with Crippen LogP contribution in [-0.4, -0.2) is 22.7 Å². The van der Waals surface area contributed by atoms with Crippen molar-refractivity contribution in [1.82, 2.24) is 15.6 Å². The molecule has 0 bridgehead atoms. The molecule has 0 unspecified atom stereocenters. The molecule has 0 saturated heterocycles. The number of hydrogen-bond acceptors (Lipinski definition) is 4. The van der Waals surface area contributed by atoms with Crippen LogP contribution in [0, 0.1) is 12.8 Å². The summed E-state index contributed by atoms with van der Waals surface area (Å²) < 4.78 is 5.63. The fourth-order valence-corrected chi connectivity index (χ4v) is 1.96. The number of aryl methyl sites for hydroxylation is 1. The molecule has 0 aliphatic heterocycles. The van der Waals surface area contributed by atoms with Gasteiger partial charge in [0.1, 0.15) is 11.4 Å². The molecule has 1 heterocycles. The number of nitrogens with two attached hydrogens (primary N) is 1. The Hall–Kier alpha value is -2.34. The molecule has 1 aromatic carbocycles. The Morgan fingerprint density at radius 1 is 1.38 bits per heavy atom. The van der Waals surface area contributed by atoms with Gasteiger partial charge in [-0.3, -0.25) is 15.3 Å². The third-order valence-corrected chi connectivity index (χ3v) is 3.02. The van der Waals surface area contributed by atoms with Gasteiger partial charge >= 0.3 is 0 Å². The Bertz CT molecular complexity index is 617. The van der Waals surface area contributed by atoms with Gasteiger partial charge in [0.2, 0.25) is 0 Å². The van der Waals surface area contributed by atoms with Gasteiger partial charge in [0.15, 0.2) is 0 Å². The SMILES string of the molecule is Cc1[nH]nc(-c2ccc(OCC(C)C)cc2)c1C(=O)NN. The minimum absolute atomic E-state index is 0.364. The summed E-state index contributed by atoms with van der Waals surface area (Å²) in [5.41, 5.74) is 4.67. The maximum atomic E-state index is 11.8. The molecule has 1 amide bonds. The Morgan fingerprint density at radius 3 is 2.62 bits per heavy atom. The van der Waals surface area contributed by atoms with Crippen molar-refractivity contribution in [3.05, 3.63) is 35.5 Å². The minimum Gasteiger partial charge on any atom is -0.493 e. The van der Waals surface area contributed by atoms with Crippen molar-refractivity contribution in [3.8, 4) is 17.0 Å². The average Bonchev–Trinajstić information content (AvgIpc) is 2.86. The summed E-state index contributed by atoms with van der Waals surface area (Å²) in [6.07, 6.45) is 0. The highest BCUT2D eigenvalue weighted by Gasteiger charge is 2.18. The van der Waals surface area contributed by atoms with Crippen LogP contribution < -0.4 is 16.0 Å². The van der Waals surface area contributed by atoms with Gasteiger partial charge in [-0.25, -0.2) is 5.84 Å². The van der Waals surface area contributed by atoms with Crippen molar-refractivity contribution >= 4 is 5.91 Å². The van der Waals surface area contributed by atoms with Crippen molar-refractivity contribution in [2.24, 2.45) is 11.8 Å². The number of carbonyl (C=O) groups is 1. The fourth-order valence-electron chi connectivity index (χ4n) is 1.96. The molecular formula is C15H20N4O2. The normalized spacial score (nSPS) is 10.7. The maximum Gasteiger partial charge on any atom is 0.269 e. The number of nitrogens with zero attached hydrogens (tertiary/aromatic N) is 1. The molecule has 0 radical (unpaired) electrons. The first-order valence-corrected chi connectivity index (χ1v) is 6.82. The van der Waals surface area contributed by atoms with E-state index >= 15 is 0 Å². The van der Waals surface area contributed by atoms with Gasteiger partial charge in [0.25, 0.3) is 5.91 Å².